The summed E-state index contributed by atoms with van der Waals surface area (Å²) >= 11 is 7.89. The summed E-state index contributed by atoms with van der Waals surface area (Å²) in [4.78, 5) is 2.18. The summed E-state index contributed by atoms with van der Waals surface area (Å²) in [5.74, 6) is 1.12. The van der Waals surface area contributed by atoms with E-state index >= 15 is 0 Å². The van der Waals surface area contributed by atoms with Crippen molar-refractivity contribution >= 4 is 28.5 Å². The largest absolute Gasteiger partial charge is 0.346 e. The molecule has 2 aromatic carbocycles. The van der Waals surface area contributed by atoms with Gasteiger partial charge in [-0.05, 0) is 35.9 Å². The van der Waals surface area contributed by atoms with Crippen LogP contribution in [-0.4, -0.2) is 45.1 Å². The fourth-order valence-corrected chi connectivity index (χ4v) is 4.95. The van der Waals surface area contributed by atoms with Crippen molar-refractivity contribution in [3.8, 4) is 0 Å². The molecule has 0 radical (unpaired) electrons. The molecule has 0 amide bonds. The lowest BCUT2D eigenvalue weighted by atomic mass is 10.0. The molecule has 4 rings (SSSR count). The van der Waals surface area contributed by atoms with Gasteiger partial charge in [0.05, 0.1) is 13.1 Å². The average molecular weight is 374 g/mol. The highest BCUT2D eigenvalue weighted by Gasteiger charge is 2.53. The Labute approximate surface area is 157 Å². The first-order valence-electron chi connectivity index (χ1n) is 8.71. The quantitative estimate of drug-likeness (QED) is 0.830. The van der Waals surface area contributed by atoms with E-state index in [0.717, 1.165) is 37.2 Å². The molecular weight excluding hydrogens is 352 g/mol. The molecule has 1 saturated heterocycles. The molecule has 2 aliphatic rings. The van der Waals surface area contributed by atoms with Crippen molar-refractivity contribution < 1.29 is 9.68 Å². The van der Waals surface area contributed by atoms with Crippen LogP contribution in [0.4, 0.5) is 0 Å². The Bertz CT molecular complexity index is 778. The van der Waals surface area contributed by atoms with Crippen LogP contribution < -0.4 is 0 Å². The fraction of sp³-hybridized carbons (Fsp3) is 0.350. The van der Waals surface area contributed by atoms with Crippen molar-refractivity contribution in [3.05, 3.63) is 70.7 Å². The second kappa shape index (κ2) is 7.02. The molecule has 0 bridgehead atoms. The maximum Gasteiger partial charge on any atom is 0.311 e. The zero-order valence-corrected chi connectivity index (χ0v) is 15.6. The highest BCUT2D eigenvalue weighted by Crippen LogP contribution is 2.37. The van der Waals surface area contributed by atoms with Crippen LogP contribution in [0.25, 0.3) is 0 Å². The van der Waals surface area contributed by atoms with Gasteiger partial charge in [0, 0.05) is 22.8 Å². The number of benzene rings is 2. The molecule has 1 fully saturated rings. The molecule has 0 saturated carbocycles. The lowest BCUT2D eigenvalue weighted by Crippen LogP contribution is -2.48. The third-order valence-corrected chi connectivity index (χ3v) is 6.42. The van der Waals surface area contributed by atoms with Gasteiger partial charge in [0.2, 0.25) is 0 Å². The number of fused-ring (bicyclic) bond motifs is 1. The standard InChI is InChI=1S/C20H22ClN2OS/c21-18-9-7-17(8-10-18)20(24)15-22(19-23(20)12-4-14-25-19)13-11-16-5-2-1-3-6-16/h1-3,5-10,24H,4,11-15H2/q+1/t20-/m0/s1. The van der Waals surface area contributed by atoms with E-state index in [4.69, 9.17) is 11.6 Å². The first-order chi connectivity index (χ1) is 12.2. The molecule has 130 valence electrons. The van der Waals surface area contributed by atoms with Gasteiger partial charge >= 0.3 is 5.17 Å². The SMILES string of the molecule is O[C@]1(c2ccc(Cl)cc2)C[N+](CCc2ccccc2)=C2SCCCN21. The van der Waals surface area contributed by atoms with Crippen LogP contribution in [0, 0.1) is 0 Å². The molecule has 0 unspecified atom stereocenters. The van der Waals surface area contributed by atoms with E-state index in [0.29, 0.717) is 11.6 Å². The van der Waals surface area contributed by atoms with E-state index in [9.17, 15) is 5.11 Å². The Morgan fingerprint density at radius 1 is 1.12 bits per heavy atom. The number of nitrogens with zero attached hydrogens (tertiary/aromatic N) is 2. The van der Waals surface area contributed by atoms with Crippen molar-refractivity contribution in [1.29, 1.82) is 0 Å². The molecule has 0 spiro atoms. The molecule has 1 atom stereocenters. The molecule has 2 heterocycles. The highest BCUT2D eigenvalue weighted by atomic mass is 35.5. The van der Waals surface area contributed by atoms with Crippen LogP contribution in [0.1, 0.15) is 17.5 Å². The zero-order chi connectivity index (χ0) is 17.3. The van der Waals surface area contributed by atoms with E-state index in [-0.39, 0.29) is 0 Å². The Morgan fingerprint density at radius 2 is 1.88 bits per heavy atom. The van der Waals surface area contributed by atoms with Gasteiger partial charge in [-0.3, -0.25) is 0 Å². The summed E-state index contributed by atoms with van der Waals surface area (Å²) in [6.45, 7) is 2.41. The van der Waals surface area contributed by atoms with Gasteiger partial charge < -0.3 is 5.11 Å². The number of amidine groups is 1. The van der Waals surface area contributed by atoms with Crippen molar-refractivity contribution in [2.75, 3.05) is 25.4 Å². The van der Waals surface area contributed by atoms with Gasteiger partial charge in [-0.1, -0.05) is 54.1 Å². The molecule has 3 nitrogen and oxygen atoms in total. The van der Waals surface area contributed by atoms with Crippen molar-refractivity contribution in [2.24, 2.45) is 0 Å². The third-order valence-electron chi connectivity index (χ3n) is 4.94. The second-order valence-corrected chi connectivity index (χ2v) is 8.12. The third kappa shape index (κ3) is 3.31. The van der Waals surface area contributed by atoms with Crippen LogP contribution in [0.2, 0.25) is 5.02 Å². The van der Waals surface area contributed by atoms with E-state index < -0.39 is 5.72 Å². The summed E-state index contributed by atoms with van der Waals surface area (Å²) in [7, 11) is 0. The number of β-amino-alcohol motifs (C(OH)–C–C–N with tert-alkyl or cyclic N) is 1. The predicted octanol–water partition coefficient (Wildman–Crippen LogP) is 3.55. The molecular formula is C20H22ClN2OS+. The summed E-state index contributed by atoms with van der Waals surface area (Å²) in [6, 6.07) is 18.1. The first-order valence-corrected chi connectivity index (χ1v) is 10.1. The number of halogens is 1. The van der Waals surface area contributed by atoms with Gasteiger partial charge in [-0.25, -0.2) is 9.48 Å². The minimum Gasteiger partial charge on any atom is -0.346 e. The summed E-state index contributed by atoms with van der Waals surface area (Å²) in [5, 5.41) is 13.4. The smallest absolute Gasteiger partial charge is 0.311 e. The number of rotatable bonds is 4. The molecule has 25 heavy (non-hydrogen) atoms. The van der Waals surface area contributed by atoms with Gasteiger partial charge in [0.1, 0.15) is 0 Å². The molecule has 2 aliphatic heterocycles. The van der Waals surface area contributed by atoms with Gasteiger partial charge in [0.25, 0.3) is 5.72 Å². The van der Waals surface area contributed by atoms with Gasteiger partial charge in [-0.15, -0.1) is 0 Å². The summed E-state index contributed by atoms with van der Waals surface area (Å²) in [5.41, 5.74) is 1.28. The Kier molecular flexibility index (Phi) is 4.76. The fourth-order valence-electron chi connectivity index (χ4n) is 3.63. The topological polar surface area (TPSA) is 26.5 Å². The zero-order valence-electron chi connectivity index (χ0n) is 14.1. The van der Waals surface area contributed by atoms with E-state index in [1.165, 1.54) is 10.7 Å². The van der Waals surface area contributed by atoms with Crippen LogP contribution in [0.15, 0.2) is 54.6 Å². The minimum atomic E-state index is -0.968. The number of aliphatic hydroxyl groups is 1. The Hall–Kier alpha value is -1.49. The normalized spacial score (nSPS) is 23.0. The lowest BCUT2D eigenvalue weighted by Gasteiger charge is -2.30. The van der Waals surface area contributed by atoms with E-state index in [1.807, 2.05) is 42.1 Å². The highest BCUT2D eigenvalue weighted by molar-refractivity contribution is 8.13. The van der Waals surface area contributed by atoms with Crippen molar-refractivity contribution in [1.82, 2.24) is 4.90 Å². The van der Waals surface area contributed by atoms with Crippen LogP contribution in [0.5, 0.6) is 0 Å². The van der Waals surface area contributed by atoms with Crippen LogP contribution in [-0.2, 0) is 12.1 Å². The minimum absolute atomic E-state index is 0.601. The molecule has 5 heteroatoms. The number of thioether (sulfide) groups is 1. The Balaban J connectivity index is 1.59. The summed E-state index contributed by atoms with van der Waals surface area (Å²) in [6.07, 6.45) is 2.08. The molecule has 1 N–H and O–H groups in total. The lowest BCUT2D eigenvalue weighted by molar-refractivity contribution is -0.531. The maximum atomic E-state index is 11.5. The average Bonchev–Trinajstić information content (AvgIpc) is 2.95. The monoisotopic (exact) mass is 373 g/mol. The predicted molar refractivity (Wildman–Crippen MR) is 104 cm³/mol. The van der Waals surface area contributed by atoms with Crippen LogP contribution in [0.3, 0.4) is 0 Å². The van der Waals surface area contributed by atoms with E-state index in [1.54, 1.807) is 0 Å². The first kappa shape index (κ1) is 17.0. The van der Waals surface area contributed by atoms with E-state index in [2.05, 4.69) is 33.7 Å². The molecule has 0 aliphatic carbocycles. The molecule has 0 aromatic heterocycles. The van der Waals surface area contributed by atoms with Crippen molar-refractivity contribution in [2.45, 2.75) is 18.6 Å². The number of hydrogen-bond donors (Lipinski definition) is 1. The Morgan fingerprint density at radius 3 is 2.64 bits per heavy atom. The second-order valence-electron chi connectivity index (χ2n) is 6.62. The van der Waals surface area contributed by atoms with Gasteiger partial charge in [-0.2, -0.15) is 0 Å². The van der Waals surface area contributed by atoms with Gasteiger partial charge in [0.15, 0.2) is 6.54 Å². The maximum absolute atomic E-state index is 11.5. The molecule has 2 aromatic rings. The van der Waals surface area contributed by atoms with Crippen LogP contribution >= 0.6 is 23.4 Å². The van der Waals surface area contributed by atoms with Crippen molar-refractivity contribution in [3.63, 3.8) is 0 Å². The number of hydrogen-bond acceptors (Lipinski definition) is 3. The summed E-state index contributed by atoms with van der Waals surface area (Å²) < 4.78 is 2.34.